The lowest BCUT2D eigenvalue weighted by molar-refractivity contribution is -0.114. The Labute approximate surface area is 163 Å². The van der Waals surface area contributed by atoms with Gasteiger partial charge in [0.25, 0.3) is 5.91 Å². The van der Waals surface area contributed by atoms with E-state index in [-0.39, 0.29) is 5.70 Å². The summed E-state index contributed by atoms with van der Waals surface area (Å²) in [5, 5.41) is 7.97. The molecule has 0 bridgehead atoms. The molecule has 1 heterocycles. The molecular weight excluding hydrogens is 366 g/mol. The molecule has 1 aliphatic carbocycles. The van der Waals surface area contributed by atoms with Crippen molar-refractivity contribution in [3.8, 4) is 0 Å². The fourth-order valence-corrected chi connectivity index (χ4v) is 3.91. The molecule has 1 aliphatic heterocycles. The monoisotopic (exact) mass is 389 g/mol. The summed E-state index contributed by atoms with van der Waals surface area (Å²) in [6, 6.07) is 0. The summed E-state index contributed by atoms with van der Waals surface area (Å²) in [5.74, 6) is -0.0146. The van der Waals surface area contributed by atoms with Gasteiger partial charge in [-0.2, -0.15) is 0 Å². The second-order valence-corrected chi connectivity index (χ2v) is 7.50. The number of thiol groups is 1. The number of nitrogens with one attached hydrogen (secondary N) is 1. The summed E-state index contributed by atoms with van der Waals surface area (Å²) in [5.41, 5.74) is 7.80. The van der Waals surface area contributed by atoms with Crippen LogP contribution in [0.1, 0.15) is 39.0 Å². The van der Waals surface area contributed by atoms with Gasteiger partial charge in [-0.3, -0.25) is 4.79 Å². The topological polar surface area (TPSA) is 88.5 Å². The lowest BCUT2D eigenvalue weighted by Gasteiger charge is -2.21. The molecule has 138 valence electrons. The Kier molecular flexibility index (Phi) is 7.53. The van der Waals surface area contributed by atoms with Crippen LogP contribution in [0.4, 0.5) is 0 Å². The molecular formula is C19H23N3O2S2. The van der Waals surface area contributed by atoms with Crippen LogP contribution in [-0.4, -0.2) is 18.3 Å². The minimum absolute atomic E-state index is 0.229. The number of thioether (sulfide) groups is 1. The molecule has 5 nitrogen and oxygen atoms in total. The molecule has 0 aromatic heterocycles. The molecule has 0 aromatic rings. The SMILES string of the molecule is C=C(OC1=CCC=C(C(N)=O)N=C1)S/C(CC)=C1/CCC(C=N)=C(S)C1. The van der Waals surface area contributed by atoms with E-state index in [0.717, 1.165) is 36.2 Å². The van der Waals surface area contributed by atoms with Crippen molar-refractivity contribution >= 4 is 42.7 Å². The molecule has 7 heteroatoms. The molecule has 0 saturated heterocycles. The van der Waals surface area contributed by atoms with E-state index in [4.69, 9.17) is 15.9 Å². The van der Waals surface area contributed by atoms with E-state index in [2.05, 4.69) is 31.1 Å². The number of nitrogens with two attached hydrogens (primary N) is 1. The van der Waals surface area contributed by atoms with Gasteiger partial charge in [0, 0.05) is 12.6 Å². The van der Waals surface area contributed by atoms with E-state index in [9.17, 15) is 4.79 Å². The first-order valence-electron chi connectivity index (χ1n) is 8.35. The van der Waals surface area contributed by atoms with Gasteiger partial charge in [-0.15, -0.1) is 12.6 Å². The molecule has 0 aromatic carbocycles. The molecule has 0 spiro atoms. The third-order valence-corrected chi connectivity index (χ3v) is 5.60. The Balaban J connectivity index is 2.03. The maximum atomic E-state index is 11.2. The second kappa shape index (κ2) is 9.64. The normalized spacial score (nSPS) is 19.3. The quantitative estimate of drug-likeness (QED) is 0.337. The van der Waals surface area contributed by atoms with Crippen molar-refractivity contribution in [2.75, 3.05) is 0 Å². The summed E-state index contributed by atoms with van der Waals surface area (Å²) in [4.78, 5) is 17.4. The molecule has 0 fully saturated rings. The van der Waals surface area contributed by atoms with Gasteiger partial charge in [0.05, 0.1) is 6.21 Å². The highest BCUT2D eigenvalue weighted by Gasteiger charge is 2.17. The van der Waals surface area contributed by atoms with Crippen LogP contribution in [0, 0.1) is 5.41 Å². The number of aliphatic imine (C=N–C) groups is 1. The van der Waals surface area contributed by atoms with E-state index in [1.165, 1.54) is 34.7 Å². The Morgan fingerprint density at radius 2 is 2.27 bits per heavy atom. The molecule has 3 N–H and O–H groups in total. The van der Waals surface area contributed by atoms with Gasteiger partial charge in [-0.25, -0.2) is 4.99 Å². The summed E-state index contributed by atoms with van der Waals surface area (Å²) in [6.07, 6.45) is 10.3. The van der Waals surface area contributed by atoms with Crippen LogP contribution in [0.25, 0.3) is 0 Å². The zero-order chi connectivity index (χ0) is 19.1. The molecule has 0 unspecified atom stereocenters. The summed E-state index contributed by atoms with van der Waals surface area (Å²) < 4.78 is 5.79. The Morgan fingerprint density at radius 1 is 1.50 bits per heavy atom. The lowest BCUT2D eigenvalue weighted by atomic mass is 9.94. The fraction of sp³-hybridized carbons (Fsp3) is 0.316. The summed E-state index contributed by atoms with van der Waals surface area (Å²) >= 11 is 6.03. The first-order chi connectivity index (χ1) is 12.4. The van der Waals surface area contributed by atoms with Crippen molar-refractivity contribution in [3.05, 3.63) is 56.2 Å². The van der Waals surface area contributed by atoms with Crippen LogP contribution in [0.5, 0.6) is 0 Å². The maximum Gasteiger partial charge on any atom is 0.266 e. The number of carbonyl (C=O) groups is 1. The summed E-state index contributed by atoms with van der Waals surface area (Å²) in [6.45, 7) is 6.10. The number of hydrogen-bond acceptors (Lipinski definition) is 6. The smallest absolute Gasteiger partial charge is 0.266 e. The number of hydrogen-bond donors (Lipinski definition) is 3. The number of carbonyl (C=O) groups excluding carboxylic acids is 1. The summed E-state index contributed by atoms with van der Waals surface area (Å²) in [7, 11) is 0. The highest BCUT2D eigenvalue weighted by molar-refractivity contribution is 8.06. The van der Waals surface area contributed by atoms with Gasteiger partial charge < -0.3 is 15.9 Å². The Bertz CT molecular complexity index is 774. The van der Waals surface area contributed by atoms with E-state index in [1.807, 2.05) is 6.08 Å². The van der Waals surface area contributed by atoms with Gasteiger partial charge in [0.15, 0.2) is 5.09 Å². The fourth-order valence-electron chi connectivity index (χ4n) is 2.67. The average Bonchev–Trinajstić information content (AvgIpc) is 2.85. The number of ether oxygens (including phenoxy) is 1. The van der Waals surface area contributed by atoms with Crippen LogP contribution < -0.4 is 5.73 Å². The standard InChI is InChI=1S/C19H23N3O2S2/c1-3-18(13-7-8-14(10-20)17(25)9-13)26-12(2)24-15-5-4-6-16(19(21)23)22-11-15/h5-6,10-11,20,25H,2-4,7-9H2,1H3,(H2,21,23)/b18-13-,20-10?. The minimum atomic E-state index is -0.556. The van der Waals surface area contributed by atoms with Crippen molar-refractivity contribution in [1.29, 1.82) is 5.41 Å². The number of allylic oxidation sites excluding steroid dienone is 7. The number of nitrogens with zero attached hydrogens (tertiary/aromatic N) is 1. The Morgan fingerprint density at radius 3 is 2.88 bits per heavy atom. The molecule has 0 radical (unpaired) electrons. The number of rotatable bonds is 7. The molecule has 2 rings (SSSR count). The Hall–Kier alpha value is -1.99. The van der Waals surface area contributed by atoms with Crippen LogP contribution in [0.2, 0.25) is 0 Å². The highest BCUT2D eigenvalue weighted by Crippen LogP contribution is 2.39. The maximum absolute atomic E-state index is 11.2. The molecule has 0 saturated carbocycles. The predicted octanol–water partition coefficient (Wildman–Crippen LogP) is 4.62. The first-order valence-corrected chi connectivity index (χ1v) is 9.62. The van der Waals surface area contributed by atoms with Gasteiger partial charge in [0.1, 0.15) is 11.5 Å². The van der Waals surface area contributed by atoms with Crippen LogP contribution in [-0.2, 0) is 9.53 Å². The van der Waals surface area contributed by atoms with Gasteiger partial charge in [-0.05, 0) is 59.8 Å². The van der Waals surface area contributed by atoms with Crippen molar-refractivity contribution in [1.82, 2.24) is 0 Å². The van der Waals surface area contributed by atoms with E-state index >= 15 is 0 Å². The number of amides is 1. The van der Waals surface area contributed by atoms with E-state index in [0.29, 0.717) is 17.3 Å². The third kappa shape index (κ3) is 5.51. The van der Waals surface area contributed by atoms with Crippen molar-refractivity contribution < 1.29 is 9.53 Å². The van der Waals surface area contributed by atoms with Gasteiger partial charge >= 0.3 is 0 Å². The highest BCUT2D eigenvalue weighted by atomic mass is 32.2. The molecule has 26 heavy (non-hydrogen) atoms. The first kappa shape index (κ1) is 20.3. The van der Waals surface area contributed by atoms with Crippen LogP contribution in [0.15, 0.2) is 61.2 Å². The van der Waals surface area contributed by atoms with Crippen molar-refractivity contribution in [2.24, 2.45) is 10.7 Å². The zero-order valence-corrected chi connectivity index (χ0v) is 16.5. The lowest BCUT2D eigenvalue weighted by Crippen LogP contribution is -2.12. The molecule has 0 atom stereocenters. The zero-order valence-electron chi connectivity index (χ0n) is 14.7. The molecule has 1 amide bonds. The second-order valence-electron chi connectivity index (χ2n) is 5.80. The predicted molar refractivity (Wildman–Crippen MR) is 112 cm³/mol. The van der Waals surface area contributed by atoms with Crippen molar-refractivity contribution in [2.45, 2.75) is 39.0 Å². The average molecular weight is 390 g/mol. The van der Waals surface area contributed by atoms with Crippen molar-refractivity contribution in [3.63, 3.8) is 0 Å². The van der Waals surface area contributed by atoms with Gasteiger partial charge in [-0.1, -0.05) is 24.3 Å². The minimum Gasteiger partial charge on any atom is -0.450 e. The number of primary amides is 1. The van der Waals surface area contributed by atoms with E-state index < -0.39 is 5.91 Å². The van der Waals surface area contributed by atoms with E-state index in [1.54, 1.807) is 6.08 Å². The van der Waals surface area contributed by atoms with Gasteiger partial charge in [0.2, 0.25) is 0 Å². The van der Waals surface area contributed by atoms with Crippen LogP contribution in [0.3, 0.4) is 0 Å². The third-order valence-electron chi connectivity index (χ3n) is 4.02. The van der Waals surface area contributed by atoms with Crippen LogP contribution >= 0.6 is 24.4 Å². The molecule has 2 aliphatic rings. The largest absolute Gasteiger partial charge is 0.450 e.